The van der Waals surface area contributed by atoms with Crippen LogP contribution in [-0.2, 0) is 0 Å². The molecular weight excluding hydrogens is 470 g/mol. The molecule has 182 valence electrons. The van der Waals surface area contributed by atoms with Crippen LogP contribution in [-0.4, -0.2) is 10.2 Å². The summed E-state index contributed by atoms with van der Waals surface area (Å²) in [5, 5.41) is 40.5. The summed E-state index contributed by atoms with van der Waals surface area (Å²) >= 11 is 0. The average molecular weight is 494 g/mol. The molecule has 0 bridgehead atoms. The lowest BCUT2D eigenvalue weighted by atomic mass is 9.94. The molecule has 0 saturated carbocycles. The highest BCUT2D eigenvalue weighted by Crippen LogP contribution is 2.36. The van der Waals surface area contributed by atoms with Crippen LogP contribution in [0.15, 0.2) is 97.1 Å². The SMILES string of the molecule is Cc1c(C#N)ccc2c(C=Cc3ccc(N(c4ccc(O)cc4)c4ccc(O)cc4)cc3)c(C#N)ccc12. The highest BCUT2D eigenvalue weighted by atomic mass is 16.3. The largest absolute Gasteiger partial charge is 0.508 e. The molecule has 0 amide bonds. The zero-order valence-corrected chi connectivity index (χ0v) is 20.6. The van der Waals surface area contributed by atoms with Crippen LogP contribution in [0.1, 0.15) is 27.8 Å². The van der Waals surface area contributed by atoms with Crippen molar-refractivity contribution in [1.82, 2.24) is 0 Å². The maximum Gasteiger partial charge on any atom is 0.115 e. The van der Waals surface area contributed by atoms with Crippen LogP contribution in [0.5, 0.6) is 11.5 Å². The van der Waals surface area contributed by atoms with E-state index >= 15 is 0 Å². The standard InChI is InChI=1S/C33H23N3O2/c1-22-24(20-34)5-19-33-31(22)18-6-25(21-35)32(33)17-4-23-2-7-26(8-3-23)36(27-9-13-29(37)14-10-27)28-11-15-30(38)16-12-28/h2-19,37-38H,1H3. The van der Waals surface area contributed by atoms with Gasteiger partial charge in [-0.3, -0.25) is 0 Å². The van der Waals surface area contributed by atoms with Gasteiger partial charge in [0.05, 0.1) is 23.3 Å². The Morgan fingerprint density at radius 1 is 0.579 bits per heavy atom. The molecule has 2 N–H and O–H groups in total. The Bertz CT molecular complexity index is 1690. The lowest BCUT2D eigenvalue weighted by Crippen LogP contribution is -2.09. The summed E-state index contributed by atoms with van der Waals surface area (Å²) in [6.07, 6.45) is 3.91. The Labute approximate surface area is 221 Å². The van der Waals surface area contributed by atoms with Crippen LogP contribution in [0.4, 0.5) is 17.1 Å². The van der Waals surface area contributed by atoms with Crippen molar-refractivity contribution in [3.63, 3.8) is 0 Å². The second-order valence-corrected chi connectivity index (χ2v) is 8.88. The van der Waals surface area contributed by atoms with Gasteiger partial charge in [-0.05, 0) is 102 Å². The maximum absolute atomic E-state index is 9.76. The predicted octanol–water partition coefficient (Wildman–Crippen LogP) is 7.94. The van der Waals surface area contributed by atoms with Gasteiger partial charge in [-0.2, -0.15) is 10.5 Å². The summed E-state index contributed by atoms with van der Waals surface area (Å²) in [7, 11) is 0. The van der Waals surface area contributed by atoms with Crippen molar-refractivity contribution in [3.05, 3.63) is 125 Å². The number of aryl methyl sites for hydroxylation is 1. The third kappa shape index (κ3) is 4.65. The Hall–Kier alpha value is -5.52. The van der Waals surface area contributed by atoms with Crippen LogP contribution in [0.25, 0.3) is 22.9 Å². The first kappa shape index (κ1) is 24.2. The molecule has 0 aromatic heterocycles. The summed E-state index contributed by atoms with van der Waals surface area (Å²) in [6, 6.07) is 33.8. The summed E-state index contributed by atoms with van der Waals surface area (Å²) < 4.78 is 0. The van der Waals surface area contributed by atoms with Gasteiger partial charge in [0.2, 0.25) is 0 Å². The molecule has 0 unspecified atom stereocenters. The summed E-state index contributed by atoms with van der Waals surface area (Å²) in [4.78, 5) is 2.03. The van der Waals surface area contributed by atoms with Crippen molar-refractivity contribution >= 4 is 40.0 Å². The van der Waals surface area contributed by atoms with Gasteiger partial charge in [0, 0.05) is 22.6 Å². The van der Waals surface area contributed by atoms with Gasteiger partial charge in [0.25, 0.3) is 0 Å². The van der Waals surface area contributed by atoms with Crippen molar-refractivity contribution in [2.45, 2.75) is 6.92 Å². The first-order valence-electron chi connectivity index (χ1n) is 12.0. The van der Waals surface area contributed by atoms with Gasteiger partial charge in [-0.15, -0.1) is 0 Å². The number of anilines is 3. The molecule has 0 radical (unpaired) electrons. The summed E-state index contributed by atoms with van der Waals surface area (Å²) in [6.45, 7) is 1.92. The van der Waals surface area contributed by atoms with Gasteiger partial charge in [-0.1, -0.05) is 36.4 Å². The van der Waals surface area contributed by atoms with Gasteiger partial charge < -0.3 is 15.1 Å². The minimum atomic E-state index is 0.184. The van der Waals surface area contributed by atoms with E-state index in [1.165, 1.54) is 0 Å². The van der Waals surface area contributed by atoms with Gasteiger partial charge in [-0.25, -0.2) is 0 Å². The number of fused-ring (bicyclic) bond motifs is 1. The monoisotopic (exact) mass is 493 g/mol. The highest BCUT2D eigenvalue weighted by molar-refractivity contribution is 5.97. The highest BCUT2D eigenvalue weighted by Gasteiger charge is 2.13. The van der Waals surface area contributed by atoms with Crippen LogP contribution in [0, 0.1) is 29.6 Å². The van der Waals surface area contributed by atoms with Gasteiger partial charge >= 0.3 is 0 Å². The van der Waals surface area contributed by atoms with E-state index in [2.05, 4.69) is 12.1 Å². The minimum absolute atomic E-state index is 0.184. The fourth-order valence-corrected chi connectivity index (χ4v) is 4.54. The van der Waals surface area contributed by atoms with Gasteiger partial charge in [0.15, 0.2) is 0 Å². The topological polar surface area (TPSA) is 91.3 Å². The number of hydrogen-bond acceptors (Lipinski definition) is 5. The van der Waals surface area contributed by atoms with E-state index in [1.54, 1.807) is 36.4 Å². The number of nitriles is 2. The molecule has 38 heavy (non-hydrogen) atoms. The molecule has 0 spiro atoms. The number of nitrogens with zero attached hydrogens (tertiary/aromatic N) is 3. The van der Waals surface area contributed by atoms with Crippen molar-refractivity contribution in [3.8, 4) is 23.6 Å². The second-order valence-electron chi connectivity index (χ2n) is 8.88. The van der Waals surface area contributed by atoms with Gasteiger partial charge in [0.1, 0.15) is 11.5 Å². The van der Waals surface area contributed by atoms with E-state index < -0.39 is 0 Å². The lowest BCUT2D eigenvalue weighted by molar-refractivity contribution is 0.475. The Morgan fingerprint density at radius 2 is 1.05 bits per heavy atom. The third-order valence-electron chi connectivity index (χ3n) is 6.56. The molecule has 5 aromatic carbocycles. The predicted molar refractivity (Wildman–Crippen MR) is 151 cm³/mol. The molecule has 0 aliphatic rings. The van der Waals surface area contributed by atoms with Crippen molar-refractivity contribution in [1.29, 1.82) is 10.5 Å². The molecule has 0 fully saturated rings. The normalized spacial score (nSPS) is 10.8. The van der Waals surface area contributed by atoms with E-state index in [1.807, 2.05) is 84.6 Å². The fourth-order valence-electron chi connectivity index (χ4n) is 4.54. The molecule has 0 atom stereocenters. The third-order valence-corrected chi connectivity index (χ3v) is 6.56. The van der Waals surface area contributed by atoms with Crippen LogP contribution < -0.4 is 4.90 Å². The first-order chi connectivity index (χ1) is 18.5. The molecule has 0 saturated heterocycles. The van der Waals surface area contributed by atoms with Crippen molar-refractivity contribution in [2.75, 3.05) is 4.90 Å². The first-order valence-corrected chi connectivity index (χ1v) is 12.0. The van der Waals surface area contributed by atoms with E-state index in [4.69, 9.17) is 0 Å². The second kappa shape index (κ2) is 10.2. The molecule has 0 aliphatic heterocycles. The maximum atomic E-state index is 9.76. The van der Waals surface area contributed by atoms with Crippen molar-refractivity contribution in [2.24, 2.45) is 0 Å². The van der Waals surface area contributed by atoms with Crippen LogP contribution in [0.2, 0.25) is 0 Å². The Balaban J connectivity index is 1.52. The molecule has 5 heteroatoms. The molecule has 0 heterocycles. The number of aromatic hydroxyl groups is 2. The fraction of sp³-hybridized carbons (Fsp3) is 0.0303. The number of hydrogen-bond donors (Lipinski definition) is 2. The number of benzene rings is 5. The molecule has 5 nitrogen and oxygen atoms in total. The van der Waals surface area contributed by atoms with E-state index in [0.29, 0.717) is 11.1 Å². The molecule has 5 rings (SSSR count). The molecular formula is C33H23N3O2. The summed E-state index contributed by atoms with van der Waals surface area (Å²) in [5.74, 6) is 0.369. The van der Waals surface area contributed by atoms with E-state index in [-0.39, 0.29) is 11.5 Å². The van der Waals surface area contributed by atoms with Crippen molar-refractivity contribution < 1.29 is 10.2 Å². The lowest BCUT2D eigenvalue weighted by Gasteiger charge is -2.25. The quantitative estimate of drug-likeness (QED) is 0.243. The van der Waals surface area contributed by atoms with Crippen LogP contribution in [0.3, 0.4) is 0 Å². The van der Waals surface area contributed by atoms with E-state index in [0.717, 1.165) is 44.5 Å². The number of phenols is 2. The molecule has 0 aliphatic carbocycles. The number of phenolic OH excluding ortho intramolecular Hbond substituents is 2. The smallest absolute Gasteiger partial charge is 0.115 e. The zero-order valence-electron chi connectivity index (χ0n) is 20.6. The Kier molecular flexibility index (Phi) is 6.51. The Morgan fingerprint density at radius 3 is 1.58 bits per heavy atom. The average Bonchev–Trinajstić information content (AvgIpc) is 2.95. The number of rotatable bonds is 5. The molecule has 5 aromatic rings. The minimum Gasteiger partial charge on any atom is -0.508 e. The zero-order chi connectivity index (χ0) is 26.6. The van der Waals surface area contributed by atoms with Crippen LogP contribution >= 0.6 is 0 Å². The van der Waals surface area contributed by atoms with E-state index in [9.17, 15) is 20.7 Å². The summed E-state index contributed by atoms with van der Waals surface area (Å²) in [5.41, 5.74) is 6.49.